The Morgan fingerprint density at radius 2 is 1.33 bits per heavy atom. The van der Waals surface area contributed by atoms with Crippen LogP contribution in [0.15, 0.2) is 69.6 Å². The van der Waals surface area contributed by atoms with Crippen molar-refractivity contribution < 1.29 is 93.8 Å². The average Bonchev–Trinajstić information content (AvgIpc) is 3.76. The summed E-state index contributed by atoms with van der Waals surface area (Å²) in [5.41, 5.74) is 1.44. The number of allylic oxidation sites excluding steroid dienone is 3. The van der Waals surface area contributed by atoms with Crippen molar-refractivity contribution in [2.45, 2.75) is 88.4 Å². The first-order valence-corrected chi connectivity index (χ1v) is 29.5. The summed E-state index contributed by atoms with van der Waals surface area (Å²) in [5.74, 6) is -14.8. The van der Waals surface area contributed by atoms with Gasteiger partial charge >= 0.3 is 5.97 Å². The van der Waals surface area contributed by atoms with E-state index in [0.717, 1.165) is 11.1 Å². The van der Waals surface area contributed by atoms with Gasteiger partial charge in [0.25, 0.3) is 30.4 Å². The highest BCUT2D eigenvalue weighted by molar-refractivity contribution is 7.86. The van der Waals surface area contributed by atoms with Gasteiger partial charge in [0, 0.05) is 54.9 Å². The van der Waals surface area contributed by atoms with Gasteiger partial charge in [0.05, 0.1) is 62.1 Å². The van der Waals surface area contributed by atoms with Crippen molar-refractivity contribution in [1.82, 2.24) is 4.58 Å². The van der Waals surface area contributed by atoms with E-state index in [4.69, 9.17) is 23.4 Å². The molecule has 0 radical (unpaired) electrons. The Kier molecular flexibility index (Phi) is 22.7. The zero-order valence-electron chi connectivity index (χ0n) is 43.9. The number of hydrogen-bond donors (Lipinski definition) is 3. The molecule has 2 heterocycles. The van der Waals surface area contributed by atoms with Gasteiger partial charge in [0.2, 0.25) is 40.2 Å². The Labute approximate surface area is 451 Å². The molecular formula is C52H66F5N2O16S3+. The molecule has 3 aliphatic rings. The maximum atomic E-state index is 14.2. The summed E-state index contributed by atoms with van der Waals surface area (Å²) in [5, 5.41) is 0.667. The molecule has 5 rings (SSSR count). The van der Waals surface area contributed by atoms with E-state index in [2.05, 4.69) is 4.74 Å². The van der Waals surface area contributed by atoms with Crippen molar-refractivity contribution in [1.29, 1.82) is 0 Å². The van der Waals surface area contributed by atoms with Crippen LogP contribution in [-0.2, 0) is 64.9 Å². The van der Waals surface area contributed by atoms with Gasteiger partial charge in [-0.05, 0) is 91.6 Å². The number of hydrogen-bond acceptors (Lipinski definition) is 14. The van der Waals surface area contributed by atoms with Crippen LogP contribution in [-0.4, -0.2) is 129 Å². The van der Waals surface area contributed by atoms with Crippen LogP contribution in [0, 0.1) is 29.1 Å². The molecule has 432 valence electrons. The summed E-state index contributed by atoms with van der Waals surface area (Å²) in [6, 6.07) is 11.4. The van der Waals surface area contributed by atoms with Crippen LogP contribution in [0.5, 0.6) is 5.75 Å². The number of nitrogens with zero attached hydrogens (tertiary/aromatic N) is 2. The Hall–Kier alpha value is -5.16. The van der Waals surface area contributed by atoms with Crippen molar-refractivity contribution in [2.24, 2.45) is 0 Å². The molecule has 3 N–H and O–H groups in total. The predicted molar refractivity (Wildman–Crippen MR) is 278 cm³/mol. The quantitative estimate of drug-likeness (QED) is 0.00657. The van der Waals surface area contributed by atoms with Crippen LogP contribution >= 0.6 is 0 Å². The monoisotopic (exact) mass is 1170 g/mol. The third kappa shape index (κ3) is 17.9. The van der Waals surface area contributed by atoms with Crippen molar-refractivity contribution >= 4 is 48.1 Å². The largest absolute Gasteiger partial charge is 0.456 e. The number of anilines is 1. The molecule has 18 nitrogen and oxygen atoms in total. The van der Waals surface area contributed by atoms with Gasteiger partial charge in [-0.1, -0.05) is 33.3 Å². The molecule has 0 aromatic heterocycles. The Morgan fingerprint density at radius 3 is 1.94 bits per heavy atom. The molecule has 2 aliphatic heterocycles. The molecule has 26 heteroatoms. The fraction of sp³-hybridized carbons (Fsp3) is 0.500. The van der Waals surface area contributed by atoms with E-state index in [0.29, 0.717) is 73.4 Å². The average molecular weight is 1170 g/mol. The number of rotatable bonds is 30. The standard InChI is InChI=1S/C52H65F5N2O16S3/c1-51(2,3)39-33-36(74-42-32-35(15-17-38(39)42)58(20-11-31-77(64,65)66)22-23-71-26-27-73-29-28-72-25-24-70-5)12-9-13-43-52(4,19-10-30-76(61,62)63)40-34-37(78(67,68)69)16-18-41(40)59(43)21-8-6-7-14-44(60)75-50-48(56)46(54)45(53)47(55)49(50)57/h9,12-13,15-18,32-34H,6-8,10-11,14,19-31H2,1-5H3,(H2-,61,62,63,64,65,66,67,68,69)/p+1. The summed E-state index contributed by atoms with van der Waals surface area (Å²) in [6.45, 7) is 11.1. The highest BCUT2D eigenvalue weighted by Crippen LogP contribution is 2.51. The molecule has 0 saturated carbocycles. The van der Waals surface area contributed by atoms with Gasteiger partial charge in [-0.2, -0.15) is 34.0 Å². The first-order chi connectivity index (χ1) is 36.6. The first kappa shape index (κ1) is 63.7. The number of fused-ring (bicyclic) bond motifs is 2. The number of benzene rings is 3. The van der Waals surface area contributed by atoms with Gasteiger partial charge in [-0.3, -0.25) is 18.5 Å². The van der Waals surface area contributed by atoms with E-state index < -0.39 is 105 Å². The van der Waals surface area contributed by atoms with Crippen LogP contribution in [0.3, 0.4) is 0 Å². The Balaban J connectivity index is 1.48. The number of unbranched alkanes of at least 4 members (excludes halogenated alkanes) is 2. The minimum Gasteiger partial charge on any atom is -0.456 e. The van der Waals surface area contributed by atoms with E-state index >= 15 is 0 Å². The van der Waals surface area contributed by atoms with E-state index in [1.807, 2.05) is 54.5 Å². The van der Waals surface area contributed by atoms with E-state index in [9.17, 15) is 65.7 Å². The van der Waals surface area contributed by atoms with Crippen molar-refractivity contribution in [2.75, 3.05) is 89.4 Å². The minimum atomic E-state index is -4.75. The normalized spacial score (nSPS) is 16.2. The number of esters is 1. The van der Waals surface area contributed by atoms with Crippen LogP contribution in [0.25, 0.3) is 17.4 Å². The van der Waals surface area contributed by atoms with Gasteiger partial charge in [0.1, 0.15) is 24.7 Å². The molecule has 78 heavy (non-hydrogen) atoms. The molecule has 0 bridgehead atoms. The molecule has 0 amide bonds. The van der Waals surface area contributed by atoms with Gasteiger partial charge in [0.15, 0.2) is 6.54 Å². The highest BCUT2D eigenvalue weighted by atomic mass is 32.2. The van der Waals surface area contributed by atoms with Crippen LogP contribution in [0.2, 0.25) is 0 Å². The molecule has 0 saturated heterocycles. The van der Waals surface area contributed by atoms with Crippen LogP contribution in [0.1, 0.15) is 89.5 Å². The summed E-state index contributed by atoms with van der Waals surface area (Å²) >= 11 is 0. The number of ether oxygens (including phenoxy) is 5. The van der Waals surface area contributed by atoms with Gasteiger partial charge in [-0.25, -0.2) is 17.7 Å². The van der Waals surface area contributed by atoms with Crippen molar-refractivity contribution in [3.8, 4) is 17.1 Å². The number of carbonyl (C=O) groups excluding carboxylic acids is 1. The lowest BCUT2D eigenvalue weighted by Crippen LogP contribution is -2.35. The molecule has 2 aromatic rings. The van der Waals surface area contributed by atoms with E-state index in [1.54, 1.807) is 32.3 Å². The van der Waals surface area contributed by atoms with Crippen LogP contribution < -0.4 is 19.6 Å². The van der Waals surface area contributed by atoms with Gasteiger partial charge in [-0.15, -0.1) is 0 Å². The molecule has 1 aliphatic carbocycles. The maximum Gasteiger partial charge on any atom is 0.311 e. The molecule has 1 atom stereocenters. The fourth-order valence-corrected chi connectivity index (χ4v) is 10.4. The smallest absolute Gasteiger partial charge is 0.311 e. The number of carbonyl (C=O) groups is 1. The lowest BCUT2D eigenvalue weighted by molar-refractivity contribution is -0.135. The zero-order chi connectivity index (χ0) is 57.6. The molecule has 1 unspecified atom stereocenters. The molecular weight excluding hydrogens is 1100 g/mol. The lowest BCUT2D eigenvalue weighted by atomic mass is 9.77. The van der Waals surface area contributed by atoms with Gasteiger partial charge < -0.3 is 33.0 Å². The minimum absolute atomic E-state index is 0.0289. The van der Waals surface area contributed by atoms with Crippen molar-refractivity contribution in [3.63, 3.8) is 0 Å². The predicted octanol–water partition coefficient (Wildman–Crippen LogP) is 7.88. The molecule has 0 fully saturated rings. The maximum absolute atomic E-state index is 14.2. The highest BCUT2D eigenvalue weighted by Gasteiger charge is 2.44. The Bertz CT molecular complexity index is 3170. The third-order valence-electron chi connectivity index (χ3n) is 12.7. The van der Waals surface area contributed by atoms with E-state index in [-0.39, 0.29) is 64.8 Å². The summed E-state index contributed by atoms with van der Waals surface area (Å²) < 4.78 is 205. The first-order valence-electron chi connectivity index (χ1n) is 24.8. The number of halogens is 5. The lowest BCUT2D eigenvalue weighted by Gasteiger charge is -2.30. The molecule has 2 aromatic carbocycles. The zero-order valence-corrected chi connectivity index (χ0v) is 46.3. The second-order valence-electron chi connectivity index (χ2n) is 19.6. The third-order valence-corrected chi connectivity index (χ3v) is 15.2. The molecule has 0 spiro atoms. The Morgan fingerprint density at radius 1 is 0.731 bits per heavy atom. The SMILES string of the molecule is COCCOCCOCCOCC[N+](CCCS(=O)(=O)O)=c1ccc2c(C(C)(C)C)cc(/C=C/C=C3/N(CCCCCC(=O)Oc4c(F)c(F)c(F)c(F)c4F)c4ccc(S(=O)(=O)O)cc4C3(C)CCCS(=O)(=O)O)oc-2c1. The summed E-state index contributed by atoms with van der Waals surface area (Å²) in [4.78, 5) is 13.9. The van der Waals surface area contributed by atoms with E-state index in [1.165, 1.54) is 18.2 Å². The topological polar surface area (TPSA) is 246 Å². The summed E-state index contributed by atoms with van der Waals surface area (Å²) in [6.07, 6.45) is 5.18. The van der Waals surface area contributed by atoms with Crippen molar-refractivity contribution in [3.05, 3.63) is 112 Å². The second-order valence-corrected chi connectivity index (χ2v) is 24.1. The number of methoxy groups -OCH3 is 1. The fourth-order valence-electron chi connectivity index (χ4n) is 8.85. The second kappa shape index (κ2) is 27.8. The van der Waals surface area contributed by atoms with Crippen LogP contribution in [0.4, 0.5) is 27.6 Å². The summed E-state index contributed by atoms with van der Waals surface area (Å²) in [7, 11) is -11.9.